The lowest BCUT2D eigenvalue weighted by molar-refractivity contribution is -0.384. The lowest BCUT2D eigenvalue weighted by Crippen LogP contribution is -2.08. The fourth-order valence-corrected chi connectivity index (χ4v) is 1.99. The predicted octanol–water partition coefficient (Wildman–Crippen LogP) is 3.35. The highest BCUT2D eigenvalue weighted by Crippen LogP contribution is 2.26. The number of hydrogen-bond donors (Lipinski definition) is 2. The zero-order valence-electron chi connectivity index (χ0n) is 12.5. The largest absolute Gasteiger partial charge is 0.369 e. The minimum absolute atomic E-state index is 0.0291. The van der Waals surface area contributed by atoms with Gasteiger partial charge in [0.15, 0.2) is 0 Å². The van der Waals surface area contributed by atoms with Crippen molar-refractivity contribution in [2.24, 2.45) is 0 Å². The SMILES string of the molecule is C=CCNc1nc(NCCCC)c2cc([N+](=O)[O-])ccc2n1. The fraction of sp³-hybridized carbons (Fsp3) is 0.333. The molecule has 2 rings (SSSR count). The number of benzene rings is 1. The third kappa shape index (κ3) is 3.69. The highest BCUT2D eigenvalue weighted by atomic mass is 16.6. The van der Waals surface area contributed by atoms with Gasteiger partial charge in [0.05, 0.1) is 10.4 Å². The average Bonchev–Trinajstić information content (AvgIpc) is 2.52. The van der Waals surface area contributed by atoms with Crippen LogP contribution < -0.4 is 10.6 Å². The van der Waals surface area contributed by atoms with Gasteiger partial charge in [0.1, 0.15) is 5.82 Å². The fourth-order valence-electron chi connectivity index (χ4n) is 1.99. The molecule has 1 aromatic carbocycles. The highest BCUT2D eigenvalue weighted by Gasteiger charge is 2.12. The molecule has 22 heavy (non-hydrogen) atoms. The Morgan fingerprint density at radius 2 is 2.18 bits per heavy atom. The van der Waals surface area contributed by atoms with Crippen LogP contribution in [0.2, 0.25) is 0 Å². The molecule has 7 nitrogen and oxygen atoms in total. The number of anilines is 2. The van der Waals surface area contributed by atoms with Crippen LogP contribution in [-0.2, 0) is 0 Å². The van der Waals surface area contributed by atoms with Crippen molar-refractivity contribution in [3.05, 3.63) is 41.0 Å². The molecule has 0 saturated heterocycles. The lowest BCUT2D eigenvalue weighted by Gasteiger charge is -2.11. The molecule has 1 heterocycles. The lowest BCUT2D eigenvalue weighted by atomic mass is 10.2. The first-order valence-electron chi connectivity index (χ1n) is 7.20. The Labute approximate surface area is 128 Å². The molecule has 1 aromatic heterocycles. The minimum atomic E-state index is -0.418. The summed E-state index contributed by atoms with van der Waals surface area (Å²) in [4.78, 5) is 19.3. The van der Waals surface area contributed by atoms with Gasteiger partial charge in [-0.05, 0) is 12.5 Å². The maximum Gasteiger partial charge on any atom is 0.270 e. The summed E-state index contributed by atoms with van der Waals surface area (Å²) < 4.78 is 0. The minimum Gasteiger partial charge on any atom is -0.369 e. The van der Waals surface area contributed by atoms with Crippen molar-refractivity contribution in [3.8, 4) is 0 Å². The zero-order chi connectivity index (χ0) is 15.9. The van der Waals surface area contributed by atoms with Crippen LogP contribution >= 0.6 is 0 Å². The Morgan fingerprint density at radius 1 is 1.36 bits per heavy atom. The van der Waals surface area contributed by atoms with Gasteiger partial charge in [0.25, 0.3) is 5.69 Å². The Kier molecular flexibility index (Phi) is 5.24. The second-order valence-corrected chi connectivity index (χ2v) is 4.80. The number of nitro groups is 1. The van der Waals surface area contributed by atoms with Crippen molar-refractivity contribution in [1.82, 2.24) is 9.97 Å². The molecule has 0 atom stereocenters. The van der Waals surface area contributed by atoms with E-state index in [-0.39, 0.29) is 5.69 Å². The molecule has 0 unspecified atom stereocenters. The Balaban J connectivity index is 2.44. The first-order chi connectivity index (χ1) is 10.7. The van der Waals surface area contributed by atoms with Crippen LogP contribution in [0.15, 0.2) is 30.9 Å². The molecule has 0 aliphatic rings. The van der Waals surface area contributed by atoms with E-state index >= 15 is 0 Å². The number of non-ortho nitro benzene ring substituents is 1. The van der Waals surface area contributed by atoms with E-state index in [1.807, 2.05) is 0 Å². The van der Waals surface area contributed by atoms with Gasteiger partial charge in [0.2, 0.25) is 5.95 Å². The van der Waals surface area contributed by atoms with Crippen molar-refractivity contribution in [1.29, 1.82) is 0 Å². The quantitative estimate of drug-likeness (QED) is 0.336. The average molecular weight is 301 g/mol. The summed E-state index contributed by atoms with van der Waals surface area (Å²) in [5.41, 5.74) is 0.688. The van der Waals surface area contributed by atoms with Crippen LogP contribution in [0.25, 0.3) is 10.9 Å². The van der Waals surface area contributed by atoms with E-state index in [0.717, 1.165) is 19.4 Å². The molecule has 0 amide bonds. The second-order valence-electron chi connectivity index (χ2n) is 4.80. The summed E-state index contributed by atoms with van der Waals surface area (Å²) in [5, 5.41) is 17.9. The molecule has 0 radical (unpaired) electrons. The van der Waals surface area contributed by atoms with Crippen molar-refractivity contribution >= 4 is 28.4 Å². The van der Waals surface area contributed by atoms with Crippen molar-refractivity contribution in [3.63, 3.8) is 0 Å². The molecule has 0 saturated carbocycles. The molecule has 116 valence electrons. The van der Waals surface area contributed by atoms with Crippen LogP contribution in [0.3, 0.4) is 0 Å². The summed E-state index contributed by atoms with van der Waals surface area (Å²) in [5.74, 6) is 1.08. The van der Waals surface area contributed by atoms with Gasteiger partial charge < -0.3 is 10.6 Å². The third-order valence-electron chi connectivity index (χ3n) is 3.12. The normalized spacial score (nSPS) is 10.4. The van der Waals surface area contributed by atoms with E-state index in [4.69, 9.17) is 0 Å². The van der Waals surface area contributed by atoms with E-state index in [0.29, 0.717) is 29.2 Å². The monoisotopic (exact) mass is 301 g/mol. The molecular formula is C15H19N5O2. The van der Waals surface area contributed by atoms with Gasteiger partial charge in [-0.25, -0.2) is 4.98 Å². The maximum absolute atomic E-state index is 10.9. The summed E-state index contributed by atoms with van der Waals surface area (Å²) in [6, 6.07) is 4.59. The van der Waals surface area contributed by atoms with Gasteiger partial charge >= 0.3 is 0 Å². The van der Waals surface area contributed by atoms with E-state index in [9.17, 15) is 10.1 Å². The van der Waals surface area contributed by atoms with Crippen molar-refractivity contribution in [2.75, 3.05) is 23.7 Å². The molecule has 0 spiro atoms. The van der Waals surface area contributed by atoms with Gasteiger partial charge in [0, 0.05) is 30.6 Å². The number of rotatable bonds is 8. The number of fused-ring (bicyclic) bond motifs is 1. The van der Waals surface area contributed by atoms with Gasteiger partial charge in [-0.1, -0.05) is 19.4 Å². The van der Waals surface area contributed by atoms with E-state index in [1.54, 1.807) is 12.1 Å². The molecule has 0 aliphatic heterocycles. The van der Waals surface area contributed by atoms with Crippen molar-refractivity contribution < 1.29 is 4.92 Å². The van der Waals surface area contributed by atoms with E-state index < -0.39 is 4.92 Å². The van der Waals surface area contributed by atoms with E-state index in [1.165, 1.54) is 12.1 Å². The van der Waals surface area contributed by atoms with Crippen LogP contribution in [0.1, 0.15) is 19.8 Å². The molecule has 7 heteroatoms. The molecule has 2 N–H and O–H groups in total. The second kappa shape index (κ2) is 7.35. The maximum atomic E-state index is 10.9. The standard InChI is InChI=1S/C15H19N5O2/c1-3-5-9-16-14-12-10-11(20(21)22)6-7-13(12)18-15(19-14)17-8-4-2/h4,6-7,10H,2-3,5,8-9H2,1H3,(H2,16,17,18,19). The van der Waals surface area contributed by atoms with Crippen LogP contribution in [-0.4, -0.2) is 28.0 Å². The third-order valence-corrected chi connectivity index (χ3v) is 3.12. The molecule has 2 aromatic rings. The number of hydrogen-bond acceptors (Lipinski definition) is 6. The number of nitrogens with one attached hydrogen (secondary N) is 2. The first kappa shape index (κ1) is 15.7. The van der Waals surface area contributed by atoms with Gasteiger partial charge in [-0.2, -0.15) is 4.98 Å². The number of nitrogens with zero attached hydrogens (tertiary/aromatic N) is 3. The zero-order valence-corrected chi connectivity index (χ0v) is 12.5. The molecular weight excluding hydrogens is 282 g/mol. The Hall–Kier alpha value is -2.70. The highest BCUT2D eigenvalue weighted by molar-refractivity contribution is 5.91. The number of unbranched alkanes of at least 4 members (excludes halogenated alkanes) is 1. The first-order valence-corrected chi connectivity index (χ1v) is 7.20. The van der Waals surface area contributed by atoms with Crippen LogP contribution in [0.4, 0.5) is 17.5 Å². The number of aromatic nitrogens is 2. The van der Waals surface area contributed by atoms with Gasteiger partial charge in [-0.15, -0.1) is 6.58 Å². The topological polar surface area (TPSA) is 93.0 Å². The Bertz CT molecular complexity index is 687. The molecule has 0 bridgehead atoms. The summed E-state index contributed by atoms with van der Waals surface area (Å²) >= 11 is 0. The summed E-state index contributed by atoms with van der Waals surface area (Å²) in [6.07, 6.45) is 3.77. The summed E-state index contributed by atoms with van der Waals surface area (Å²) in [6.45, 7) is 7.05. The smallest absolute Gasteiger partial charge is 0.270 e. The summed E-state index contributed by atoms with van der Waals surface area (Å²) in [7, 11) is 0. The van der Waals surface area contributed by atoms with Crippen LogP contribution in [0.5, 0.6) is 0 Å². The predicted molar refractivity (Wildman–Crippen MR) is 88.3 cm³/mol. The number of nitro benzene ring substituents is 1. The molecule has 0 fully saturated rings. The Morgan fingerprint density at radius 3 is 2.86 bits per heavy atom. The van der Waals surface area contributed by atoms with Crippen LogP contribution in [0, 0.1) is 10.1 Å². The molecule has 0 aliphatic carbocycles. The van der Waals surface area contributed by atoms with Gasteiger partial charge in [-0.3, -0.25) is 10.1 Å². The van der Waals surface area contributed by atoms with Crippen molar-refractivity contribution in [2.45, 2.75) is 19.8 Å². The van der Waals surface area contributed by atoms with E-state index in [2.05, 4.69) is 34.1 Å².